The van der Waals surface area contributed by atoms with Crippen LogP contribution in [0, 0.1) is 11.3 Å². The van der Waals surface area contributed by atoms with Crippen molar-refractivity contribution in [2.45, 2.75) is 53.0 Å². The number of hydrogen-bond donors (Lipinski definition) is 1. The molecule has 0 bridgehead atoms. The lowest BCUT2D eigenvalue weighted by molar-refractivity contribution is 0.0797. The maximum absolute atomic E-state index is 5.89. The number of nitrogens with two attached hydrogens (primary N) is 1. The predicted molar refractivity (Wildman–Crippen MR) is 66.9 cm³/mol. The van der Waals surface area contributed by atoms with Crippen LogP contribution < -0.4 is 5.73 Å². The summed E-state index contributed by atoms with van der Waals surface area (Å²) in [6.07, 6.45) is 3.99. The lowest BCUT2D eigenvalue weighted by Crippen LogP contribution is -2.49. The fraction of sp³-hybridized carbons (Fsp3) is 1.00. The van der Waals surface area contributed by atoms with Gasteiger partial charge in [-0.1, -0.05) is 34.1 Å². The van der Waals surface area contributed by atoms with Gasteiger partial charge in [0.25, 0.3) is 0 Å². The highest BCUT2D eigenvalue weighted by Gasteiger charge is 2.28. The Labute approximate surface area is 95.2 Å². The van der Waals surface area contributed by atoms with Gasteiger partial charge in [-0.05, 0) is 30.7 Å². The molecule has 15 heavy (non-hydrogen) atoms. The molecule has 0 aromatic rings. The first-order valence-corrected chi connectivity index (χ1v) is 6.40. The molecule has 0 aromatic heterocycles. The van der Waals surface area contributed by atoms with Crippen molar-refractivity contribution < 1.29 is 0 Å². The molecule has 2 heteroatoms. The van der Waals surface area contributed by atoms with Gasteiger partial charge in [0.05, 0.1) is 0 Å². The summed E-state index contributed by atoms with van der Waals surface area (Å²) in [6, 6.07) is 0.628. The van der Waals surface area contributed by atoms with E-state index in [1.807, 2.05) is 0 Å². The molecule has 1 saturated heterocycles. The lowest BCUT2D eigenvalue weighted by atomic mass is 9.86. The predicted octanol–water partition coefficient (Wildman–Crippen LogP) is 2.48. The summed E-state index contributed by atoms with van der Waals surface area (Å²) in [5.74, 6) is 0.912. The van der Waals surface area contributed by atoms with E-state index in [1.165, 1.54) is 32.4 Å². The van der Waals surface area contributed by atoms with Crippen molar-refractivity contribution in [2.75, 3.05) is 19.6 Å². The van der Waals surface area contributed by atoms with Gasteiger partial charge in [-0.2, -0.15) is 0 Å². The Morgan fingerprint density at radius 3 is 2.47 bits per heavy atom. The van der Waals surface area contributed by atoms with Gasteiger partial charge in [0, 0.05) is 19.1 Å². The standard InChI is InChI=1S/C13H28N2/c1-5-11-6-7-15(10-13(2,3)4)12(8-11)9-14/h11-12H,5-10,14H2,1-4H3. The fourth-order valence-corrected chi connectivity index (χ4v) is 2.62. The van der Waals surface area contributed by atoms with Gasteiger partial charge in [-0.3, -0.25) is 4.90 Å². The Kier molecular flexibility index (Phi) is 4.60. The second kappa shape index (κ2) is 5.31. The van der Waals surface area contributed by atoms with Crippen molar-refractivity contribution in [1.82, 2.24) is 4.90 Å². The van der Waals surface area contributed by atoms with Crippen molar-refractivity contribution in [3.8, 4) is 0 Å². The molecule has 0 aromatic carbocycles. The van der Waals surface area contributed by atoms with E-state index < -0.39 is 0 Å². The van der Waals surface area contributed by atoms with Crippen LogP contribution in [0.15, 0.2) is 0 Å². The SMILES string of the molecule is CCC1CCN(CC(C)(C)C)C(CN)C1. The minimum Gasteiger partial charge on any atom is -0.329 e. The molecular formula is C13H28N2. The second-order valence-corrected chi connectivity index (χ2v) is 6.22. The van der Waals surface area contributed by atoms with E-state index in [0.717, 1.165) is 12.5 Å². The first-order valence-electron chi connectivity index (χ1n) is 6.40. The molecule has 2 N–H and O–H groups in total. The van der Waals surface area contributed by atoms with Gasteiger partial charge in [-0.15, -0.1) is 0 Å². The number of piperidine rings is 1. The minimum atomic E-state index is 0.395. The van der Waals surface area contributed by atoms with Crippen molar-refractivity contribution in [3.05, 3.63) is 0 Å². The highest BCUT2D eigenvalue weighted by molar-refractivity contribution is 4.84. The highest BCUT2D eigenvalue weighted by Crippen LogP contribution is 2.27. The summed E-state index contributed by atoms with van der Waals surface area (Å²) in [7, 11) is 0. The quantitative estimate of drug-likeness (QED) is 0.779. The third-order valence-electron chi connectivity index (χ3n) is 3.47. The van der Waals surface area contributed by atoms with Gasteiger partial charge in [0.1, 0.15) is 0 Å². The normalized spacial score (nSPS) is 29.4. The zero-order chi connectivity index (χ0) is 11.5. The smallest absolute Gasteiger partial charge is 0.0221 e. The van der Waals surface area contributed by atoms with Crippen molar-refractivity contribution in [2.24, 2.45) is 17.1 Å². The van der Waals surface area contributed by atoms with Gasteiger partial charge < -0.3 is 5.73 Å². The molecule has 2 unspecified atom stereocenters. The van der Waals surface area contributed by atoms with Crippen molar-refractivity contribution >= 4 is 0 Å². The van der Waals surface area contributed by atoms with Crippen LogP contribution in [0.25, 0.3) is 0 Å². The number of hydrogen-bond acceptors (Lipinski definition) is 2. The van der Waals surface area contributed by atoms with Crippen LogP contribution in [-0.4, -0.2) is 30.6 Å². The topological polar surface area (TPSA) is 29.3 Å². The van der Waals surface area contributed by atoms with Gasteiger partial charge in [0.2, 0.25) is 0 Å². The van der Waals surface area contributed by atoms with Crippen LogP contribution in [0.4, 0.5) is 0 Å². The van der Waals surface area contributed by atoms with Gasteiger partial charge in [0.15, 0.2) is 0 Å². The molecule has 0 amide bonds. The van der Waals surface area contributed by atoms with E-state index in [1.54, 1.807) is 0 Å². The third-order valence-corrected chi connectivity index (χ3v) is 3.47. The molecule has 1 aliphatic heterocycles. The molecule has 1 fully saturated rings. The van der Waals surface area contributed by atoms with Crippen LogP contribution in [-0.2, 0) is 0 Å². The average molecular weight is 212 g/mol. The van der Waals surface area contributed by atoms with Crippen LogP contribution >= 0.6 is 0 Å². The van der Waals surface area contributed by atoms with Crippen LogP contribution in [0.1, 0.15) is 47.0 Å². The summed E-state index contributed by atoms with van der Waals surface area (Å²) < 4.78 is 0. The van der Waals surface area contributed by atoms with Crippen LogP contribution in [0.2, 0.25) is 0 Å². The second-order valence-electron chi connectivity index (χ2n) is 6.22. The number of rotatable bonds is 3. The van der Waals surface area contributed by atoms with Gasteiger partial charge >= 0.3 is 0 Å². The molecule has 1 heterocycles. The molecule has 90 valence electrons. The lowest BCUT2D eigenvalue weighted by Gasteiger charge is -2.41. The van der Waals surface area contributed by atoms with Crippen LogP contribution in [0.5, 0.6) is 0 Å². The molecule has 1 rings (SSSR count). The molecule has 0 saturated carbocycles. The first kappa shape index (κ1) is 13.0. The maximum Gasteiger partial charge on any atom is 0.0221 e. The summed E-state index contributed by atoms with van der Waals surface area (Å²) in [6.45, 7) is 12.5. The Morgan fingerprint density at radius 1 is 1.33 bits per heavy atom. The Hall–Kier alpha value is -0.0800. The molecule has 0 aliphatic carbocycles. The summed E-state index contributed by atoms with van der Waals surface area (Å²) >= 11 is 0. The van der Waals surface area contributed by atoms with Crippen LogP contribution in [0.3, 0.4) is 0 Å². The Bertz CT molecular complexity index is 183. The molecule has 2 atom stereocenters. The zero-order valence-electron chi connectivity index (χ0n) is 10.9. The number of likely N-dealkylation sites (tertiary alicyclic amines) is 1. The van der Waals surface area contributed by atoms with E-state index in [9.17, 15) is 0 Å². The van der Waals surface area contributed by atoms with E-state index in [0.29, 0.717) is 11.5 Å². The van der Waals surface area contributed by atoms with Crippen molar-refractivity contribution in [3.63, 3.8) is 0 Å². The minimum absolute atomic E-state index is 0.395. The highest BCUT2D eigenvalue weighted by atomic mass is 15.2. The van der Waals surface area contributed by atoms with E-state index >= 15 is 0 Å². The molecular weight excluding hydrogens is 184 g/mol. The summed E-state index contributed by atoms with van der Waals surface area (Å²) in [5.41, 5.74) is 6.28. The fourth-order valence-electron chi connectivity index (χ4n) is 2.62. The Balaban J connectivity index is 2.51. The molecule has 0 spiro atoms. The van der Waals surface area contributed by atoms with E-state index in [4.69, 9.17) is 5.73 Å². The largest absolute Gasteiger partial charge is 0.329 e. The van der Waals surface area contributed by atoms with Crippen molar-refractivity contribution in [1.29, 1.82) is 0 Å². The maximum atomic E-state index is 5.89. The molecule has 2 nitrogen and oxygen atoms in total. The molecule has 1 aliphatic rings. The number of nitrogens with zero attached hydrogens (tertiary/aromatic N) is 1. The summed E-state index contributed by atoms with van der Waals surface area (Å²) in [4.78, 5) is 2.60. The summed E-state index contributed by atoms with van der Waals surface area (Å²) in [5, 5.41) is 0. The third kappa shape index (κ3) is 4.12. The Morgan fingerprint density at radius 2 is 2.00 bits per heavy atom. The molecule has 0 radical (unpaired) electrons. The van der Waals surface area contributed by atoms with Gasteiger partial charge in [-0.25, -0.2) is 0 Å². The monoisotopic (exact) mass is 212 g/mol. The average Bonchev–Trinajstić information content (AvgIpc) is 2.16. The first-order chi connectivity index (χ1) is 6.96. The van der Waals surface area contributed by atoms with E-state index in [2.05, 4.69) is 32.6 Å². The van der Waals surface area contributed by atoms with E-state index in [-0.39, 0.29) is 0 Å². The zero-order valence-corrected chi connectivity index (χ0v) is 10.9.